The predicted molar refractivity (Wildman–Crippen MR) is 69.8 cm³/mol. The van der Waals surface area contributed by atoms with E-state index >= 15 is 0 Å². The minimum atomic E-state index is 0.738. The first-order chi connectivity index (χ1) is 8.17. The SMILES string of the molecule is CNc1cncc(Oc2cc(C)cc(C)c2)c1. The molecular formula is C14H16N2O. The van der Waals surface area contributed by atoms with E-state index in [1.54, 1.807) is 12.4 Å². The summed E-state index contributed by atoms with van der Waals surface area (Å²) in [6.45, 7) is 4.12. The fourth-order valence-corrected chi connectivity index (χ4v) is 1.74. The lowest BCUT2D eigenvalue weighted by Crippen LogP contribution is -1.91. The van der Waals surface area contributed by atoms with E-state index in [2.05, 4.69) is 30.2 Å². The van der Waals surface area contributed by atoms with Gasteiger partial charge < -0.3 is 10.1 Å². The van der Waals surface area contributed by atoms with Crippen molar-refractivity contribution in [1.82, 2.24) is 4.98 Å². The van der Waals surface area contributed by atoms with Crippen LogP contribution in [0.2, 0.25) is 0 Å². The van der Waals surface area contributed by atoms with E-state index in [9.17, 15) is 0 Å². The summed E-state index contributed by atoms with van der Waals surface area (Å²) >= 11 is 0. The Hall–Kier alpha value is -2.03. The smallest absolute Gasteiger partial charge is 0.147 e. The molecule has 88 valence electrons. The molecule has 0 aliphatic heterocycles. The lowest BCUT2D eigenvalue weighted by Gasteiger charge is -2.08. The summed E-state index contributed by atoms with van der Waals surface area (Å²) in [7, 11) is 1.86. The van der Waals surface area contributed by atoms with Crippen molar-refractivity contribution in [3.05, 3.63) is 47.8 Å². The maximum atomic E-state index is 5.78. The highest BCUT2D eigenvalue weighted by Crippen LogP contribution is 2.24. The number of anilines is 1. The molecule has 0 amide bonds. The summed E-state index contributed by atoms with van der Waals surface area (Å²) in [6, 6.07) is 8.07. The Morgan fingerprint density at radius 2 is 1.65 bits per heavy atom. The molecule has 0 atom stereocenters. The van der Waals surface area contributed by atoms with Gasteiger partial charge in [-0.25, -0.2) is 0 Å². The largest absolute Gasteiger partial charge is 0.456 e. The van der Waals surface area contributed by atoms with E-state index in [-0.39, 0.29) is 0 Å². The van der Waals surface area contributed by atoms with Crippen LogP contribution in [0.3, 0.4) is 0 Å². The summed E-state index contributed by atoms with van der Waals surface area (Å²) in [4.78, 5) is 4.11. The van der Waals surface area contributed by atoms with Crippen LogP contribution in [0.1, 0.15) is 11.1 Å². The fraction of sp³-hybridized carbons (Fsp3) is 0.214. The molecule has 0 spiro atoms. The molecule has 1 aromatic carbocycles. The number of aromatic nitrogens is 1. The summed E-state index contributed by atoms with van der Waals surface area (Å²) in [5, 5.41) is 3.03. The van der Waals surface area contributed by atoms with Crippen molar-refractivity contribution in [2.45, 2.75) is 13.8 Å². The number of nitrogens with one attached hydrogen (secondary N) is 1. The molecule has 2 rings (SSSR count). The third-order valence-electron chi connectivity index (χ3n) is 2.43. The molecule has 1 heterocycles. The van der Waals surface area contributed by atoms with Gasteiger partial charge in [-0.1, -0.05) is 6.07 Å². The molecule has 3 nitrogen and oxygen atoms in total. The van der Waals surface area contributed by atoms with E-state index < -0.39 is 0 Å². The molecule has 2 aromatic rings. The van der Waals surface area contributed by atoms with Crippen molar-refractivity contribution in [1.29, 1.82) is 0 Å². The number of hydrogen-bond acceptors (Lipinski definition) is 3. The van der Waals surface area contributed by atoms with Gasteiger partial charge in [-0.2, -0.15) is 0 Å². The first kappa shape index (κ1) is 11.5. The lowest BCUT2D eigenvalue weighted by molar-refractivity contribution is 0.480. The third-order valence-corrected chi connectivity index (χ3v) is 2.43. The molecular weight excluding hydrogens is 212 g/mol. The number of aryl methyl sites for hydroxylation is 2. The maximum absolute atomic E-state index is 5.78. The Bertz CT molecular complexity index is 503. The van der Waals surface area contributed by atoms with Crippen molar-refractivity contribution >= 4 is 5.69 Å². The summed E-state index contributed by atoms with van der Waals surface area (Å²) in [6.07, 6.45) is 3.47. The van der Waals surface area contributed by atoms with Crippen LogP contribution in [-0.4, -0.2) is 12.0 Å². The molecule has 0 radical (unpaired) electrons. The number of ether oxygens (including phenoxy) is 1. The quantitative estimate of drug-likeness (QED) is 0.872. The Morgan fingerprint density at radius 3 is 2.29 bits per heavy atom. The van der Waals surface area contributed by atoms with Gasteiger partial charge >= 0.3 is 0 Å². The Labute approximate surface area is 101 Å². The van der Waals surface area contributed by atoms with Gasteiger partial charge in [-0.05, 0) is 37.1 Å². The molecule has 0 aliphatic carbocycles. The number of hydrogen-bond donors (Lipinski definition) is 1. The molecule has 0 saturated heterocycles. The first-order valence-corrected chi connectivity index (χ1v) is 5.56. The van der Waals surface area contributed by atoms with Crippen LogP contribution in [0.15, 0.2) is 36.7 Å². The highest BCUT2D eigenvalue weighted by Gasteiger charge is 2.00. The average molecular weight is 228 g/mol. The van der Waals surface area contributed by atoms with Crippen LogP contribution in [0.25, 0.3) is 0 Å². The van der Waals surface area contributed by atoms with Gasteiger partial charge in [0.25, 0.3) is 0 Å². The standard InChI is InChI=1S/C14H16N2O/c1-10-4-11(2)6-13(5-10)17-14-7-12(15-3)8-16-9-14/h4-9,15H,1-3H3. The average Bonchev–Trinajstić information content (AvgIpc) is 2.28. The van der Waals surface area contributed by atoms with Crippen molar-refractivity contribution in [2.24, 2.45) is 0 Å². The van der Waals surface area contributed by atoms with Crippen molar-refractivity contribution in [2.75, 3.05) is 12.4 Å². The molecule has 0 fully saturated rings. The zero-order chi connectivity index (χ0) is 12.3. The Kier molecular flexibility index (Phi) is 3.28. The van der Waals surface area contributed by atoms with Gasteiger partial charge in [0.15, 0.2) is 0 Å². The fourth-order valence-electron chi connectivity index (χ4n) is 1.74. The molecule has 0 saturated carbocycles. The first-order valence-electron chi connectivity index (χ1n) is 5.56. The van der Waals surface area contributed by atoms with Gasteiger partial charge in [-0.15, -0.1) is 0 Å². The van der Waals surface area contributed by atoms with E-state index in [4.69, 9.17) is 4.74 Å². The lowest BCUT2D eigenvalue weighted by atomic mass is 10.1. The van der Waals surface area contributed by atoms with Crippen molar-refractivity contribution in [3.8, 4) is 11.5 Å². The van der Waals surface area contributed by atoms with Crippen LogP contribution in [-0.2, 0) is 0 Å². The van der Waals surface area contributed by atoms with E-state index in [1.807, 2.05) is 25.2 Å². The van der Waals surface area contributed by atoms with Crippen LogP contribution in [0.5, 0.6) is 11.5 Å². The van der Waals surface area contributed by atoms with Crippen LogP contribution in [0, 0.1) is 13.8 Å². The van der Waals surface area contributed by atoms with Gasteiger partial charge in [0.05, 0.1) is 18.1 Å². The van der Waals surface area contributed by atoms with Crippen LogP contribution < -0.4 is 10.1 Å². The topological polar surface area (TPSA) is 34.2 Å². The van der Waals surface area contributed by atoms with E-state index in [1.165, 1.54) is 11.1 Å². The summed E-state index contributed by atoms with van der Waals surface area (Å²) in [5.41, 5.74) is 3.32. The summed E-state index contributed by atoms with van der Waals surface area (Å²) in [5.74, 6) is 1.58. The van der Waals surface area contributed by atoms with E-state index in [0.717, 1.165) is 17.2 Å². The van der Waals surface area contributed by atoms with Crippen LogP contribution >= 0.6 is 0 Å². The van der Waals surface area contributed by atoms with Crippen LogP contribution in [0.4, 0.5) is 5.69 Å². The maximum Gasteiger partial charge on any atom is 0.147 e. The van der Waals surface area contributed by atoms with Crippen molar-refractivity contribution in [3.63, 3.8) is 0 Å². The van der Waals surface area contributed by atoms with Gasteiger partial charge in [0.1, 0.15) is 11.5 Å². The molecule has 1 N–H and O–H groups in total. The molecule has 0 bridgehead atoms. The normalized spacial score (nSPS) is 10.1. The Balaban J connectivity index is 2.24. The molecule has 3 heteroatoms. The number of nitrogens with zero attached hydrogens (tertiary/aromatic N) is 1. The second kappa shape index (κ2) is 4.87. The van der Waals surface area contributed by atoms with E-state index in [0.29, 0.717) is 0 Å². The minimum Gasteiger partial charge on any atom is -0.456 e. The van der Waals surface area contributed by atoms with Gasteiger partial charge in [-0.3, -0.25) is 4.98 Å². The molecule has 0 aliphatic rings. The number of benzene rings is 1. The number of pyridine rings is 1. The third kappa shape index (κ3) is 2.97. The molecule has 1 aromatic heterocycles. The summed E-state index contributed by atoms with van der Waals surface area (Å²) < 4.78 is 5.78. The number of rotatable bonds is 3. The zero-order valence-electron chi connectivity index (χ0n) is 10.3. The van der Waals surface area contributed by atoms with Gasteiger partial charge in [0, 0.05) is 13.1 Å². The second-order valence-electron chi connectivity index (χ2n) is 4.08. The molecule has 0 unspecified atom stereocenters. The van der Waals surface area contributed by atoms with Gasteiger partial charge in [0.2, 0.25) is 0 Å². The predicted octanol–water partition coefficient (Wildman–Crippen LogP) is 3.53. The zero-order valence-corrected chi connectivity index (χ0v) is 10.3. The second-order valence-corrected chi connectivity index (χ2v) is 4.08. The highest BCUT2D eigenvalue weighted by atomic mass is 16.5. The Morgan fingerprint density at radius 1 is 0.941 bits per heavy atom. The molecule has 17 heavy (non-hydrogen) atoms. The minimum absolute atomic E-state index is 0.738. The van der Waals surface area contributed by atoms with Crippen molar-refractivity contribution < 1.29 is 4.74 Å². The monoisotopic (exact) mass is 228 g/mol. The highest BCUT2D eigenvalue weighted by molar-refractivity contribution is 5.46.